The van der Waals surface area contributed by atoms with Crippen LogP contribution >= 0.6 is 0 Å². The number of halogens is 3. The highest BCUT2D eigenvalue weighted by atomic mass is 32.2. The van der Waals surface area contributed by atoms with Crippen molar-refractivity contribution in [2.24, 2.45) is 0 Å². The van der Waals surface area contributed by atoms with E-state index in [2.05, 4.69) is 0 Å². The minimum absolute atomic E-state index is 0.00446. The van der Waals surface area contributed by atoms with Crippen molar-refractivity contribution in [3.63, 3.8) is 0 Å². The molecule has 0 unspecified atom stereocenters. The summed E-state index contributed by atoms with van der Waals surface area (Å²) in [6.07, 6.45) is -3.35. The van der Waals surface area contributed by atoms with Crippen LogP contribution in [0, 0.1) is 0 Å². The third-order valence-corrected chi connectivity index (χ3v) is 6.15. The number of piperazine rings is 1. The minimum atomic E-state index is -4.48. The molecule has 0 aliphatic carbocycles. The topological polar surface area (TPSA) is 66.9 Å². The maximum atomic E-state index is 12.9. The molecule has 0 N–H and O–H groups in total. The summed E-state index contributed by atoms with van der Waals surface area (Å²) < 4.78 is 69.0. The van der Waals surface area contributed by atoms with Crippen LogP contribution in [-0.4, -0.2) is 55.5 Å². The summed E-state index contributed by atoms with van der Waals surface area (Å²) in [4.78, 5) is 14.4. The Balaban J connectivity index is 1.74. The van der Waals surface area contributed by atoms with Gasteiger partial charge in [0, 0.05) is 31.2 Å². The van der Waals surface area contributed by atoms with Crippen molar-refractivity contribution in [1.82, 2.24) is 9.21 Å². The van der Waals surface area contributed by atoms with Crippen LogP contribution in [0.2, 0.25) is 0 Å². The number of sulfonamides is 1. The fourth-order valence-corrected chi connectivity index (χ4v) is 4.50. The predicted molar refractivity (Wildman–Crippen MR) is 105 cm³/mol. The average molecular weight is 442 g/mol. The van der Waals surface area contributed by atoms with Gasteiger partial charge in [0.15, 0.2) is 0 Å². The van der Waals surface area contributed by atoms with E-state index in [0.717, 1.165) is 18.4 Å². The zero-order chi connectivity index (χ0) is 22.1. The molecule has 0 aromatic heterocycles. The second kappa shape index (κ2) is 8.27. The van der Waals surface area contributed by atoms with E-state index in [-0.39, 0.29) is 43.1 Å². The highest BCUT2D eigenvalue weighted by Gasteiger charge is 2.32. The summed E-state index contributed by atoms with van der Waals surface area (Å²) in [5.41, 5.74) is -0.524. The zero-order valence-electron chi connectivity index (χ0n) is 16.4. The van der Waals surface area contributed by atoms with Crippen LogP contribution in [0.1, 0.15) is 22.8 Å². The van der Waals surface area contributed by atoms with Crippen LogP contribution in [0.25, 0.3) is 0 Å². The van der Waals surface area contributed by atoms with Gasteiger partial charge in [-0.3, -0.25) is 4.79 Å². The van der Waals surface area contributed by atoms with Gasteiger partial charge in [-0.05, 0) is 43.3 Å². The summed E-state index contributed by atoms with van der Waals surface area (Å²) in [7, 11) is -3.35. The van der Waals surface area contributed by atoms with E-state index in [1.165, 1.54) is 22.5 Å². The Kier molecular flexibility index (Phi) is 6.09. The molecular weight excluding hydrogens is 421 g/mol. The highest BCUT2D eigenvalue weighted by molar-refractivity contribution is 7.88. The number of carbonyl (C=O) groups is 1. The monoisotopic (exact) mass is 442 g/mol. The first-order valence-electron chi connectivity index (χ1n) is 9.16. The summed E-state index contributed by atoms with van der Waals surface area (Å²) in [5, 5.41) is 0. The molecule has 0 radical (unpaired) electrons. The van der Waals surface area contributed by atoms with Gasteiger partial charge < -0.3 is 9.64 Å². The molecule has 162 valence electrons. The quantitative estimate of drug-likeness (QED) is 0.726. The molecule has 0 spiro atoms. The van der Waals surface area contributed by atoms with Gasteiger partial charge in [-0.25, -0.2) is 8.42 Å². The van der Waals surface area contributed by atoms with E-state index >= 15 is 0 Å². The molecule has 1 atom stereocenters. The van der Waals surface area contributed by atoms with Crippen molar-refractivity contribution in [3.8, 4) is 11.5 Å². The fraction of sp³-hybridized carbons (Fsp3) is 0.350. The molecule has 1 amide bonds. The van der Waals surface area contributed by atoms with Crippen LogP contribution in [0.15, 0.2) is 48.5 Å². The molecule has 3 rings (SSSR count). The minimum Gasteiger partial charge on any atom is -0.457 e. The number of benzene rings is 2. The molecule has 10 heteroatoms. The predicted octanol–water partition coefficient (Wildman–Crippen LogP) is 3.60. The maximum absolute atomic E-state index is 12.9. The Morgan fingerprint density at radius 2 is 1.70 bits per heavy atom. The lowest BCUT2D eigenvalue weighted by Crippen LogP contribution is -2.55. The summed E-state index contributed by atoms with van der Waals surface area (Å²) in [6.45, 7) is 2.42. The summed E-state index contributed by atoms with van der Waals surface area (Å²) >= 11 is 0. The van der Waals surface area contributed by atoms with Gasteiger partial charge in [-0.15, -0.1) is 0 Å². The normalized spacial score (nSPS) is 18.3. The number of hydrogen-bond acceptors (Lipinski definition) is 4. The van der Waals surface area contributed by atoms with Crippen LogP contribution in [0.5, 0.6) is 11.5 Å². The molecule has 1 aliphatic rings. The van der Waals surface area contributed by atoms with Gasteiger partial charge >= 0.3 is 6.18 Å². The molecule has 1 aliphatic heterocycles. The number of carbonyl (C=O) groups excluding carboxylic acids is 1. The van der Waals surface area contributed by atoms with Crippen molar-refractivity contribution in [1.29, 1.82) is 0 Å². The number of alkyl halides is 3. The van der Waals surface area contributed by atoms with Gasteiger partial charge in [-0.1, -0.05) is 12.1 Å². The zero-order valence-corrected chi connectivity index (χ0v) is 17.2. The lowest BCUT2D eigenvalue weighted by atomic mass is 10.1. The Morgan fingerprint density at radius 1 is 1.07 bits per heavy atom. The first-order chi connectivity index (χ1) is 13.9. The maximum Gasteiger partial charge on any atom is 0.416 e. The van der Waals surface area contributed by atoms with Gasteiger partial charge in [-0.2, -0.15) is 17.5 Å². The van der Waals surface area contributed by atoms with E-state index < -0.39 is 21.8 Å². The Labute approximate surface area is 172 Å². The largest absolute Gasteiger partial charge is 0.457 e. The molecule has 0 saturated carbocycles. The third-order valence-electron chi connectivity index (χ3n) is 4.76. The highest BCUT2D eigenvalue weighted by Crippen LogP contribution is 2.33. The standard InChI is InChI=1S/C20H21F3N2O4S/c1-14-13-24(9-10-25(14)30(2,27)28)19(26)15-5-3-7-17(11-15)29-18-8-4-6-16(12-18)20(21,22)23/h3-8,11-12,14H,9-10,13H2,1-2H3/t14-/m0/s1. The van der Waals surface area contributed by atoms with E-state index in [9.17, 15) is 26.4 Å². The van der Waals surface area contributed by atoms with Crippen molar-refractivity contribution in [2.45, 2.75) is 19.1 Å². The molecule has 1 saturated heterocycles. The van der Waals surface area contributed by atoms with E-state index in [4.69, 9.17) is 4.74 Å². The molecule has 6 nitrogen and oxygen atoms in total. The SMILES string of the molecule is C[C@H]1CN(C(=O)c2cccc(Oc3cccc(C(F)(F)F)c3)c2)CCN1S(C)(=O)=O. The number of rotatable bonds is 4. The molecule has 30 heavy (non-hydrogen) atoms. The molecule has 0 bridgehead atoms. The smallest absolute Gasteiger partial charge is 0.416 e. The number of nitrogens with zero attached hydrogens (tertiary/aromatic N) is 2. The Bertz CT molecular complexity index is 1040. The van der Waals surface area contributed by atoms with Crippen LogP contribution in [0.3, 0.4) is 0 Å². The first-order valence-corrected chi connectivity index (χ1v) is 11.0. The third kappa shape index (κ3) is 5.11. The molecular formula is C20H21F3N2O4S. The van der Waals surface area contributed by atoms with Crippen molar-refractivity contribution >= 4 is 15.9 Å². The van der Waals surface area contributed by atoms with Gasteiger partial charge in [0.25, 0.3) is 5.91 Å². The molecule has 2 aromatic rings. The summed E-state index contributed by atoms with van der Waals surface area (Å²) in [5.74, 6) is -0.0719. The van der Waals surface area contributed by atoms with E-state index in [0.29, 0.717) is 5.56 Å². The van der Waals surface area contributed by atoms with Crippen LogP contribution in [-0.2, 0) is 16.2 Å². The molecule has 1 heterocycles. The summed E-state index contributed by atoms with van der Waals surface area (Å²) in [6, 6.07) is 10.3. The number of ether oxygens (including phenoxy) is 1. The van der Waals surface area contributed by atoms with Crippen molar-refractivity contribution in [3.05, 3.63) is 59.7 Å². The Morgan fingerprint density at radius 3 is 2.30 bits per heavy atom. The van der Waals surface area contributed by atoms with Crippen LogP contribution < -0.4 is 4.74 Å². The van der Waals surface area contributed by atoms with Gasteiger partial charge in [0.05, 0.1) is 11.8 Å². The fourth-order valence-electron chi connectivity index (χ4n) is 3.37. The lowest BCUT2D eigenvalue weighted by Gasteiger charge is -2.38. The Hall–Kier alpha value is -2.59. The average Bonchev–Trinajstić information content (AvgIpc) is 2.66. The molecule has 1 fully saturated rings. The van der Waals surface area contributed by atoms with Gasteiger partial charge in [0.2, 0.25) is 10.0 Å². The first kappa shape index (κ1) is 22.1. The van der Waals surface area contributed by atoms with Gasteiger partial charge in [0.1, 0.15) is 11.5 Å². The van der Waals surface area contributed by atoms with Crippen molar-refractivity contribution < 1.29 is 31.1 Å². The van der Waals surface area contributed by atoms with Crippen LogP contribution in [0.4, 0.5) is 13.2 Å². The molecule has 2 aromatic carbocycles. The second-order valence-electron chi connectivity index (χ2n) is 7.13. The lowest BCUT2D eigenvalue weighted by molar-refractivity contribution is -0.137. The van der Waals surface area contributed by atoms with E-state index in [1.807, 2.05) is 0 Å². The number of hydrogen-bond donors (Lipinski definition) is 0. The van der Waals surface area contributed by atoms with Crippen molar-refractivity contribution in [2.75, 3.05) is 25.9 Å². The second-order valence-corrected chi connectivity index (χ2v) is 9.06. The number of amides is 1. The van der Waals surface area contributed by atoms with E-state index in [1.54, 1.807) is 30.0 Å².